The van der Waals surface area contributed by atoms with Gasteiger partial charge >= 0.3 is 5.91 Å². The number of amides is 2. The highest BCUT2D eigenvalue weighted by Crippen LogP contribution is 2.22. The van der Waals surface area contributed by atoms with Crippen LogP contribution in [0, 0.1) is 6.92 Å². The fourth-order valence-electron chi connectivity index (χ4n) is 3.16. The number of aromatic nitrogens is 1. The normalized spacial score (nSPS) is 18.8. The van der Waals surface area contributed by atoms with Gasteiger partial charge in [-0.05, 0) is 31.2 Å². The standard InChI is InChI=1S/C21H25N5O4/c1-13-3-4-14(10-25-13)11-30-15-5-6-17(22)16(9-15)18(24-2)19(27)26-21(20(23)28)7-8-29-12-21/h3-6,9-10H,7-8,11-12,22H2,1-2H3,(H2,23,28)(H,26,27)/p+1. The summed E-state index contributed by atoms with van der Waals surface area (Å²) in [5, 5.41) is 2.71. The van der Waals surface area contributed by atoms with Crippen molar-refractivity contribution in [1.29, 1.82) is 0 Å². The number of pyridine rings is 1. The maximum Gasteiger partial charge on any atom is 0.317 e. The average molecular weight is 412 g/mol. The molecule has 30 heavy (non-hydrogen) atoms. The van der Waals surface area contributed by atoms with Gasteiger partial charge in [-0.1, -0.05) is 6.07 Å². The number of carbonyl (C=O) groups excluding carboxylic acids is 2. The van der Waals surface area contributed by atoms with Crippen molar-refractivity contribution in [2.45, 2.75) is 25.5 Å². The summed E-state index contributed by atoms with van der Waals surface area (Å²) in [6, 6.07) is 8.90. The second-order valence-corrected chi connectivity index (χ2v) is 7.17. The molecule has 6 N–H and O–H groups in total. The molecular formula is C21H26N5O4+. The van der Waals surface area contributed by atoms with Gasteiger partial charge < -0.3 is 26.3 Å². The van der Waals surface area contributed by atoms with Crippen molar-refractivity contribution in [2.75, 3.05) is 26.0 Å². The lowest BCUT2D eigenvalue weighted by Crippen LogP contribution is -2.73. The second-order valence-electron chi connectivity index (χ2n) is 7.17. The number of nitrogens with two attached hydrogens (primary N) is 2. The molecule has 1 aromatic carbocycles. The van der Waals surface area contributed by atoms with E-state index in [9.17, 15) is 9.59 Å². The van der Waals surface area contributed by atoms with Crippen LogP contribution in [0.3, 0.4) is 0 Å². The molecular weight excluding hydrogens is 386 g/mol. The highest BCUT2D eigenvalue weighted by molar-refractivity contribution is 6.44. The fourth-order valence-corrected chi connectivity index (χ4v) is 3.16. The number of aryl methyl sites for hydroxylation is 1. The SMILES string of the molecule is C[NH+]=C(C(=O)NC1(C(N)=O)CCOC1)c1cc(OCc2ccc(C)nc2)ccc1N. The molecule has 9 heteroatoms. The average Bonchev–Trinajstić information content (AvgIpc) is 3.20. The first-order valence-corrected chi connectivity index (χ1v) is 9.54. The summed E-state index contributed by atoms with van der Waals surface area (Å²) in [5.74, 6) is -0.608. The van der Waals surface area contributed by atoms with Gasteiger partial charge in [0.2, 0.25) is 5.91 Å². The summed E-state index contributed by atoms with van der Waals surface area (Å²) in [6.45, 7) is 2.61. The monoisotopic (exact) mass is 412 g/mol. The van der Waals surface area contributed by atoms with E-state index in [0.29, 0.717) is 36.6 Å². The number of rotatable bonds is 7. The van der Waals surface area contributed by atoms with Crippen molar-refractivity contribution in [2.24, 2.45) is 5.73 Å². The maximum atomic E-state index is 12.9. The zero-order valence-corrected chi connectivity index (χ0v) is 17.0. The van der Waals surface area contributed by atoms with Crippen LogP contribution < -0.4 is 26.5 Å². The highest BCUT2D eigenvalue weighted by Gasteiger charge is 2.44. The Kier molecular flexibility index (Phi) is 6.31. The molecule has 0 saturated carbocycles. The highest BCUT2D eigenvalue weighted by atomic mass is 16.5. The number of ether oxygens (including phenoxy) is 2. The van der Waals surface area contributed by atoms with E-state index in [4.69, 9.17) is 20.9 Å². The first kappa shape index (κ1) is 21.3. The first-order chi connectivity index (χ1) is 14.3. The van der Waals surface area contributed by atoms with Gasteiger partial charge in [-0.3, -0.25) is 14.6 Å². The number of benzene rings is 1. The number of anilines is 1. The van der Waals surface area contributed by atoms with Gasteiger partial charge in [-0.2, -0.15) is 0 Å². The molecule has 1 atom stereocenters. The third kappa shape index (κ3) is 4.57. The van der Waals surface area contributed by atoms with E-state index >= 15 is 0 Å². The topological polar surface area (TPSA) is 144 Å². The molecule has 1 aliphatic heterocycles. The zero-order chi connectivity index (χ0) is 21.7. The van der Waals surface area contributed by atoms with Crippen LogP contribution >= 0.6 is 0 Å². The molecule has 1 aromatic heterocycles. The Bertz CT molecular complexity index is 966. The maximum absolute atomic E-state index is 12.9. The Balaban J connectivity index is 1.78. The molecule has 1 fully saturated rings. The van der Waals surface area contributed by atoms with E-state index in [2.05, 4.69) is 15.3 Å². The largest absolute Gasteiger partial charge is 0.489 e. The van der Waals surface area contributed by atoms with Gasteiger partial charge in [-0.25, -0.2) is 4.99 Å². The Morgan fingerprint density at radius 3 is 2.73 bits per heavy atom. The summed E-state index contributed by atoms with van der Waals surface area (Å²) < 4.78 is 11.1. The number of nitrogens with one attached hydrogen (secondary N) is 2. The quantitative estimate of drug-likeness (QED) is 0.333. The number of hydrogen-bond acceptors (Lipinski definition) is 6. The minimum absolute atomic E-state index is 0.0360. The molecule has 2 amide bonds. The van der Waals surface area contributed by atoms with E-state index in [1.807, 2.05) is 19.1 Å². The molecule has 3 rings (SSSR count). The van der Waals surface area contributed by atoms with Crippen molar-refractivity contribution >= 4 is 23.2 Å². The molecule has 9 nitrogen and oxygen atoms in total. The number of nitrogen functional groups attached to an aromatic ring is 1. The van der Waals surface area contributed by atoms with Gasteiger partial charge in [0.15, 0.2) is 0 Å². The molecule has 0 spiro atoms. The summed E-state index contributed by atoms with van der Waals surface area (Å²) in [5.41, 5.74) is 13.3. The van der Waals surface area contributed by atoms with Crippen molar-refractivity contribution in [3.63, 3.8) is 0 Å². The third-order valence-corrected chi connectivity index (χ3v) is 5.00. The van der Waals surface area contributed by atoms with Crippen LogP contribution in [0.15, 0.2) is 36.5 Å². The molecule has 0 radical (unpaired) electrons. The number of hydrogen-bond donors (Lipinski definition) is 4. The predicted octanol–water partition coefficient (Wildman–Crippen LogP) is -1.19. The van der Waals surface area contributed by atoms with Crippen LogP contribution in [0.4, 0.5) is 5.69 Å². The molecule has 0 aliphatic carbocycles. The van der Waals surface area contributed by atoms with Crippen LogP contribution in [0.1, 0.15) is 23.2 Å². The van der Waals surface area contributed by atoms with Gasteiger partial charge in [0.25, 0.3) is 5.71 Å². The third-order valence-electron chi connectivity index (χ3n) is 5.00. The Morgan fingerprint density at radius 2 is 2.13 bits per heavy atom. The van der Waals surface area contributed by atoms with Gasteiger partial charge in [-0.15, -0.1) is 0 Å². The Hall–Kier alpha value is -3.46. The summed E-state index contributed by atoms with van der Waals surface area (Å²) >= 11 is 0. The second kappa shape index (κ2) is 8.91. The van der Waals surface area contributed by atoms with Crippen LogP contribution in [0.5, 0.6) is 5.75 Å². The van der Waals surface area contributed by atoms with E-state index in [0.717, 1.165) is 11.3 Å². The Morgan fingerprint density at radius 1 is 1.33 bits per heavy atom. The van der Waals surface area contributed by atoms with Crippen molar-refractivity contribution in [3.8, 4) is 5.75 Å². The number of carbonyl (C=O) groups is 2. The molecule has 158 valence electrons. The van der Waals surface area contributed by atoms with Gasteiger partial charge in [0.1, 0.15) is 24.9 Å². The fraction of sp³-hybridized carbons (Fsp3) is 0.333. The van der Waals surface area contributed by atoms with E-state index in [1.165, 1.54) is 0 Å². The van der Waals surface area contributed by atoms with Crippen molar-refractivity contribution in [3.05, 3.63) is 53.3 Å². The molecule has 1 unspecified atom stereocenters. The lowest BCUT2D eigenvalue weighted by Gasteiger charge is -2.24. The molecule has 0 bridgehead atoms. The van der Waals surface area contributed by atoms with Crippen LogP contribution in [-0.4, -0.2) is 48.3 Å². The summed E-state index contributed by atoms with van der Waals surface area (Å²) in [4.78, 5) is 32.0. The molecule has 2 heterocycles. The van der Waals surface area contributed by atoms with Crippen molar-refractivity contribution < 1.29 is 24.1 Å². The lowest BCUT2D eigenvalue weighted by atomic mass is 9.96. The minimum Gasteiger partial charge on any atom is -0.489 e. The minimum atomic E-state index is -1.24. The predicted molar refractivity (Wildman–Crippen MR) is 111 cm³/mol. The van der Waals surface area contributed by atoms with E-state index < -0.39 is 17.4 Å². The van der Waals surface area contributed by atoms with E-state index in [-0.39, 0.29) is 12.3 Å². The van der Waals surface area contributed by atoms with Crippen LogP contribution in [0.25, 0.3) is 0 Å². The van der Waals surface area contributed by atoms with Crippen LogP contribution in [0.2, 0.25) is 0 Å². The first-order valence-electron chi connectivity index (χ1n) is 9.54. The lowest BCUT2D eigenvalue weighted by molar-refractivity contribution is -0.418. The molecule has 2 aromatic rings. The van der Waals surface area contributed by atoms with Crippen LogP contribution in [-0.2, 0) is 20.9 Å². The summed E-state index contributed by atoms with van der Waals surface area (Å²) in [6.07, 6.45) is 2.06. The Labute approximate surface area is 174 Å². The summed E-state index contributed by atoms with van der Waals surface area (Å²) in [7, 11) is 1.60. The number of nitrogens with zero attached hydrogens (tertiary/aromatic N) is 1. The zero-order valence-electron chi connectivity index (χ0n) is 17.0. The van der Waals surface area contributed by atoms with Crippen molar-refractivity contribution in [1.82, 2.24) is 10.3 Å². The smallest absolute Gasteiger partial charge is 0.317 e. The number of primary amides is 1. The van der Waals surface area contributed by atoms with Gasteiger partial charge in [0.05, 0.1) is 12.2 Å². The molecule has 1 saturated heterocycles. The van der Waals surface area contributed by atoms with E-state index in [1.54, 1.807) is 31.4 Å². The molecule has 1 aliphatic rings. The van der Waals surface area contributed by atoms with Gasteiger partial charge in [0, 0.05) is 36.2 Å².